The van der Waals surface area contributed by atoms with Crippen LogP contribution in [0.2, 0.25) is 0 Å². The average Bonchev–Trinajstić information content (AvgIpc) is 2.41. The Hall–Kier alpha value is -0.780. The van der Waals surface area contributed by atoms with Crippen LogP contribution in [0.3, 0.4) is 0 Å². The summed E-state index contributed by atoms with van der Waals surface area (Å²) in [6.07, 6.45) is 4.76. The average molecular weight is 389 g/mol. The Morgan fingerprint density at radius 2 is 1.85 bits per heavy atom. The highest BCUT2D eigenvalue weighted by Gasteiger charge is 1.95. The van der Waals surface area contributed by atoms with Gasteiger partial charge in [-0.05, 0) is 30.7 Å². The minimum absolute atomic E-state index is 0. The van der Waals surface area contributed by atoms with E-state index < -0.39 is 0 Å². The van der Waals surface area contributed by atoms with Crippen LogP contribution in [0.5, 0.6) is 0 Å². The normalized spacial score (nSPS) is 11.2. The fraction of sp³-hybridized carbons (Fsp3) is 0.562. The first kappa shape index (κ1) is 19.2. The van der Waals surface area contributed by atoms with Gasteiger partial charge in [-0.25, -0.2) is 0 Å². The van der Waals surface area contributed by atoms with Crippen molar-refractivity contribution >= 4 is 29.9 Å². The summed E-state index contributed by atoms with van der Waals surface area (Å²) in [7, 11) is 0. The zero-order valence-corrected chi connectivity index (χ0v) is 15.0. The molecule has 4 heteroatoms. The number of aliphatic imine (C=N–C) groups is 1. The summed E-state index contributed by atoms with van der Waals surface area (Å²) in [5, 5.41) is 3.16. The van der Waals surface area contributed by atoms with E-state index >= 15 is 0 Å². The summed E-state index contributed by atoms with van der Waals surface area (Å²) in [5.74, 6) is 1.14. The molecule has 0 amide bonds. The number of nitrogens with zero attached hydrogens (tertiary/aromatic N) is 1. The highest BCUT2D eigenvalue weighted by molar-refractivity contribution is 14.0. The molecule has 20 heavy (non-hydrogen) atoms. The van der Waals surface area contributed by atoms with E-state index in [1.165, 1.54) is 18.4 Å². The highest BCUT2D eigenvalue weighted by atomic mass is 127. The second-order valence-electron chi connectivity index (χ2n) is 5.34. The molecule has 0 atom stereocenters. The van der Waals surface area contributed by atoms with Crippen LogP contribution >= 0.6 is 24.0 Å². The van der Waals surface area contributed by atoms with Gasteiger partial charge in [0, 0.05) is 13.1 Å². The number of hydrogen-bond acceptors (Lipinski definition) is 1. The van der Waals surface area contributed by atoms with Gasteiger partial charge in [0.2, 0.25) is 0 Å². The lowest BCUT2D eigenvalue weighted by atomic mass is 10.1. The molecule has 0 aliphatic rings. The van der Waals surface area contributed by atoms with E-state index in [0.29, 0.717) is 11.9 Å². The topological polar surface area (TPSA) is 50.4 Å². The third-order valence-electron chi connectivity index (χ3n) is 2.92. The van der Waals surface area contributed by atoms with Crippen molar-refractivity contribution in [1.29, 1.82) is 0 Å². The Balaban J connectivity index is 0.00000361. The first-order chi connectivity index (χ1) is 9.18. The molecule has 0 fully saturated rings. The summed E-state index contributed by atoms with van der Waals surface area (Å²) in [6, 6.07) is 10.6. The number of nitrogens with two attached hydrogens (primary N) is 1. The lowest BCUT2D eigenvalue weighted by Gasteiger charge is -2.06. The zero-order valence-electron chi connectivity index (χ0n) is 12.6. The standard InChI is InChI=1S/C16H27N3.HI/c1-14(2)13-19-16(17)18-12-8-4-7-11-15-9-5-3-6-10-15;/h3,5-6,9-10,14H,4,7-8,11-13H2,1-2H3,(H3,17,18,19);1H. The highest BCUT2D eigenvalue weighted by Crippen LogP contribution is 2.05. The number of rotatable bonds is 8. The Kier molecular flexibility index (Phi) is 11.5. The second kappa shape index (κ2) is 12.0. The molecule has 1 aromatic rings. The van der Waals surface area contributed by atoms with Crippen LogP contribution in [-0.2, 0) is 6.42 Å². The molecule has 114 valence electrons. The van der Waals surface area contributed by atoms with Gasteiger partial charge in [-0.3, -0.25) is 4.99 Å². The molecule has 1 rings (SSSR count). The molecular formula is C16H28IN3. The molecule has 0 heterocycles. The van der Waals surface area contributed by atoms with Crippen LogP contribution in [-0.4, -0.2) is 19.0 Å². The van der Waals surface area contributed by atoms with Crippen LogP contribution in [0.25, 0.3) is 0 Å². The summed E-state index contributed by atoms with van der Waals surface area (Å²) >= 11 is 0. The van der Waals surface area contributed by atoms with Crippen LogP contribution in [0.1, 0.15) is 38.7 Å². The molecule has 0 aliphatic carbocycles. The number of hydrogen-bond donors (Lipinski definition) is 2. The van der Waals surface area contributed by atoms with Gasteiger partial charge in [-0.2, -0.15) is 0 Å². The summed E-state index contributed by atoms with van der Waals surface area (Å²) in [4.78, 5) is 4.27. The van der Waals surface area contributed by atoms with Crippen LogP contribution < -0.4 is 11.1 Å². The Morgan fingerprint density at radius 1 is 1.15 bits per heavy atom. The number of aryl methyl sites for hydroxylation is 1. The van der Waals surface area contributed by atoms with Gasteiger partial charge in [0.1, 0.15) is 0 Å². The molecule has 0 saturated heterocycles. The molecule has 0 aromatic heterocycles. The summed E-state index contributed by atoms with van der Waals surface area (Å²) in [6.45, 7) is 6.00. The molecule has 0 radical (unpaired) electrons. The van der Waals surface area contributed by atoms with Gasteiger partial charge >= 0.3 is 0 Å². The van der Waals surface area contributed by atoms with Crippen molar-refractivity contribution in [3.05, 3.63) is 35.9 Å². The van der Waals surface area contributed by atoms with E-state index in [9.17, 15) is 0 Å². The smallest absolute Gasteiger partial charge is 0.188 e. The van der Waals surface area contributed by atoms with E-state index in [1.54, 1.807) is 0 Å². The van der Waals surface area contributed by atoms with Gasteiger partial charge in [0.15, 0.2) is 5.96 Å². The third kappa shape index (κ3) is 10.1. The van der Waals surface area contributed by atoms with Crippen molar-refractivity contribution in [2.24, 2.45) is 16.6 Å². The Bertz CT molecular complexity index is 363. The van der Waals surface area contributed by atoms with Crippen molar-refractivity contribution in [3.8, 4) is 0 Å². The molecule has 0 unspecified atom stereocenters. The number of unbranched alkanes of at least 4 members (excludes halogenated alkanes) is 2. The van der Waals surface area contributed by atoms with Crippen molar-refractivity contribution in [1.82, 2.24) is 5.32 Å². The van der Waals surface area contributed by atoms with Crippen molar-refractivity contribution in [2.75, 3.05) is 13.1 Å². The van der Waals surface area contributed by atoms with Gasteiger partial charge in [-0.15, -0.1) is 24.0 Å². The largest absolute Gasteiger partial charge is 0.370 e. The third-order valence-corrected chi connectivity index (χ3v) is 2.92. The second-order valence-corrected chi connectivity index (χ2v) is 5.34. The van der Waals surface area contributed by atoms with E-state index in [0.717, 1.165) is 25.9 Å². The number of nitrogens with one attached hydrogen (secondary N) is 1. The summed E-state index contributed by atoms with van der Waals surface area (Å²) in [5.41, 5.74) is 7.19. The lowest BCUT2D eigenvalue weighted by molar-refractivity contribution is 0.647. The first-order valence-corrected chi connectivity index (χ1v) is 7.26. The van der Waals surface area contributed by atoms with Crippen LogP contribution in [0.4, 0.5) is 0 Å². The summed E-state index contributed by atoms with van der Waals surface area (Å²) < 4.78 is 0. The van der Waals surface area contributed by atoms with Crippen molar-refractivity contribution < 1.29 is 0 Å². The van der Waals surface area contributed by atoms with E-state index in [1.807, 2.05) is 0 Å². The lowest BCUT2D eigenvalue weighted by Crippen LogP contribution is -2.32. The maximum absolute atomic E-state index is 5.77. The number of halogens is 1. The molecule has 3 nitrogen and oxygen atoms in total. The van der Waals surface area contributed by atoms with Crippen molar-refractivity contribution in [3.63, 3.8) is 0 Å². The Morgan fingerprint density at radius 3 is 2.50 bits per heavy atom. The number of benzene rings is 1. The van der Waals surface area contributed by atoms with Gasteiger partial charge in [0.25, 0.3) is 0 Å². The monoisotopic (exact) mass is 389 g/mol. The molecule has 3 N–H and O–H groups in total. The SMILES string of the molecule is CC(C)CN=C(N)NCCCCCc1ccccc1.I. The fourth-order valence-electron chi connectivity index (χ4n) is 1.83. The minimum Gasteiger partial charge on any atom is -0.370 e. The Labute approximate surface area is 140 Å². The van der Waals surface area contributed by atoms with E-state index in [2.05, 4.69) is 54.5 Å². The fourth-order valence-corrected chi connectivity index (χ4v) is 1.83. The van der Waals surface area contributed by atoms with Gasteiger partial charge in [-0.1, -0.05) is 50.6 Å². The van der Waals surface area contributed by atoms with E-state index in [4.69, 9.17) is 5.73 Å². The van der Waals surface area contributed by atoms with E-state index in [-0.39, 0.29) is 24.0 Å². The predicted octanol–water partition coefficient (Wildman–Crippen LogP) is 3.58. The first-order valence-electron chi connectivity index (χ1n) is 7.26. The zero-order chi connectivity index (χ0) is 13.9. The minimum atomic E-state index is 0. The van der Waals surface area contributed by atoms with Crippen LogP contribution in [0.15, 0.2) is 35.3 Å². The van der Waals surface area contributed by atoms with Gasteiger partial charge < -0.3 is 11.1 Å². The van der Waals surface area contributed by atoms with Crippen molar-refractivity contribution in [2.45, 2.75) is 39.5 Å². The predicted molar refractivity (Wildman–Crippen MR) is 98.7 cm³/mol. The quantitative estimate of drug-likeness (QED) is 0.309. The molecule has 0 aliphatic heterocycles. The molecule has 1 aromatic carbocycles. The molecule has 0 spiro atoms. The molecular weight excluding hydrogens is 361 g/mol. The maximum atomic E-state index is 5.77. The van der Waals surface area contributed by atoms with Crippen LogP contribution in [0, 0.1) is 5.92 Å². The van der Waals surface area contributed by atoms with Gasteiger partial charge in [0.05, 0.1) is 0 Å². The maximum Gasteiger partial charge on any atom is 0.188 e. The number of guanidine groups is 1. The molecule has 0 bridgehead atoms. The molecule has 0 saturated carbocycles.